The minimum Gasteiger partial charge on any atom is -0.454 e. The van der Waals surface area contributed by atoms with Gasteiger partial charge < -0.3 is 29.5 Å². The highest BCUT2D eigenvalue weighted by molar-refractivity contribution is 5.95. The molecule has 0 saturated heterocycles. The Morgan fingerprint density at radius 2 is 2.07 bits per heavy atom. The topological polar surface area (TPSA) is 123 Å². The normalized spacial score (nSPS) is 13.0. The average Bonchev–Trinajstić information content (AvgIpc) is 3.20. The minimum absolute atomic E-state index is 0.0445. The zero-order valence-electron chi connectivity index (χ0n) is 16.7. The maximum Gasteiger partial charge on any atom is 0.293 e. The fourth-order valence-electron chi connectivity index (χ4n) is 3.09. The van der Waals surface area contributed by atoms with Crippen molar-refractivity contribution >= 4 is 17.3 Å². The molecule has 2 aromatic carbocycles. The van der Waals surface area contributed by atoms with Crippen LogP contribution in [0.4, 0.5) is 11.4 Å². The number of hydrogen-bond donors (Lipinski definition) is 2. The summed E-state index contributed by atoms with van der Waals surface area (Å²) in [5.41, 5.74) is 1.14. The molecule has 1 aliphatic rings. The first-order valence-corrected chi connectivity index (χ1v) is 9.25. The third-order valence-corrected chi connectivity index (χ3v) is 4.57. The first kappa shape index (κ1) is 21.3. The predicted molar refractivity (Wildman–Crippen MR) is 108 cm³/mol. The summed E-state index contributed by atoms with van der Waals surface area (Å²) in [6, 6.07) is 9.67. The summed E-state index contributed by atoms with van der Waals surface area (Å²) in [7, 11) is 3.08. The van der Waals surface area contributed by atoms with Gasteiger partial charge in [0.2, 0.25) is 6.79 Å². The van der Waals surface area contributed by atoms with Gasteiger partial charge in [0.15, 0.2) is 11.5 Å². The van der Waals surface area contributed by atoms with Gasteiger partial charge in [-0.05, 0) is 29.8 Å². The van der Waals surface area contributed by atoms with E-state index in [-0.39, 0.29) is 37.8 Å². The van der Waals surface area contributed by atoms with Crippen molar-refractivity contribution in [3.05, 3.63) is 57.6 Å². The Labute approximate surface area is 173 Å². The maximum atomic E-state index is 11.7. The number of benzene rings is 2. The van der Waals surface area contributed by atoms with Crippen LogP contribution in [0.3, 0.4) is 0 Å². The van der Waals surface area contributed by atoms with E-state index in [4.69, 9.17) is 14.2 Å². The molecular weight excluding hydrogens is 394 g/mol. The number of ether oxygens (including phenoxy) is 3. The van der Waals surface area contributed by atoms with Crippen LogP contribution in [0.2, 0.25) is 0 Å². The number of fused-ring (bicyclic) bond motifs is 1. The van der Waals surface area contributed by atoms with Crippen LogP contribution in [0.5, 0.6) is 11.5 Å². The van der Waals surface area contributed by atoms with Gasteiger partial charge in [0, 0.05) is 32.3 Å². The number of nitro groups is 1. The number of carbonyl (C=O) groups is 1. The van der Waals surface area contributed by atoms with Gasteiger partial charge in [-0.15, -0.1) is 0 Å². The molecule has 0 fully saturated rings. The smallest absolute Gasteiger partial charge is 0.293 e. The third kappa shape index (κ3) is 4.97. The molecule has 10 heteroatoms. The number of aliphatic hydroxyl groups excluding tert-OH is 1. The van der Waals surface area contributed by atoms with Crippen molar-refractivity contribution in [3.63, 3.8) is 0 Å². The molecule has 3 rings (SSSR count). The van der Waals surface area contributed by atoms with Gasteiger partial charge in [-0.1, -0.05) is 6.07 Å². The number of aliphatic hydroxyl groups is 1. The first-order chi connectivity index (χ1) is 14.4. The lowest BCUT2D eigenvalue weighted by Crippen LogP contribution is -2.32. The summed E-state index contributed by atoms with van der Waals surface area (Å²) in [5, 5.41) is 24.1. The van der Waals surface area contributed by atoms with Crippen molar-refractivity contribution in [1.82, 2.24) is 5.32 Å². The van der Waals surface area contributed by atoms with Gasteiger partial charge in [-0.2, -0.15) is 0 Å². The molecule has 1 atom stereocenters. The lowest BCUT2D eigenvalue weighted by Gasteiger charge is -2.22. The Bertz CT molecular complexity index is 935. The van der Waals surface area contributed by atoms with Gasteiger partial charge in [0.25, 0.3) is 11.6 Å². The number of anilines is 1. The summed E-state index contributed by atoms with van der Waals surface area (Å²) < 4.78 is 16.1. The fourth-order valence-corrected chi connectivity index (χ4v) is 3.09. The Balaban J connectivity index is 1.56. The second kappa shape index (κ2) is 9.42. The molecule has 1 aliphatic heterocycles. The average molecular weight is 417 g/mol. The molecule has 0 aromatic heterocycles. The molecule has 0 spiro atoms. The predicted octanol–water partition coefficient (Wildman–Crippen LogP) is 1.70. The maximum absolute atomic E-state index is 11.7. The van der Waals surface area contributed by atoms with E-state index in [2.05, 4.69) is 5.32 Å². The van der Waals surface area contributed by atoms with Crippen LogP contribution in [0, 0.1) is 10.1 Å². The van der Waals surface area contributed by atoms with E-state index < -0.39 is 16.9 Å². The monoisotopic (exact) mass is 417 g/mol. The van der Waals surface area contributed by atoms with E-state index in [0.717, 1.165) is 5.56 Å². The molecule has 30 heavy (non-hydrogen) atoms. The summed E-state index contributed by atoms with van der Waals surface area (Å²) in [6.45, 7) is 0.628. The van der Waals surface area contributed by atoms with E-state index in [1.54, 1.807) is 18.0 Å². The molecule has 0 saturated carbocycles. The number of hydrogen-bond acceptors (Lipinski definition) is 8. The van der Waals surface area contributed by atoms with E-state index in [1.807, 2.05) is 12.1 Å². The van der Waals surface area contributed by atoms with Crippen molar-refractivity contribution in [1.29, 1.82) is 0 Å². The third-order valence-electron chi connectivity index (χ3n) is 4.57. The summed E-state index contributed by atoms with van der Waals surface area (Å²) in [4.78, 5) is 24.2. The van der Waals surface area contributed by atoms with Gasteiger partial charge in [-0.3, -0.25) is 14.9 Å². The van der Waals surface area contributed by atoms with E-state index in [9.17, 15) is 20.0 Å². The number of nitrogens with zero attached hydrogens (tertiary/aromatic N) is 2. The van der Waals surface area contributed by atoms with Gasteiger partial charge in [-0.25, -0.2) is 0 Å². The molecule has 1 amide bonds. The molecule has 0 aliphatic carbocycles. The zero-order chi connectivity index (χ0) is 21.7. The molecule has 0 bridgehead atoms. The van der Waals surface area contributed by atoms with Crippen molar-refractivity contribution in [3.8, 4) is 11.5 Å². The van der Waals surface area contributed by atoms with Crippen LogP contribution in [0.25, 0.3) is 0 Å². The van der Waals surface area contributed by atoms with Crippen LogP contribution >= 0.6 is 0 Å². The Morgan fingerprint density at radius 3 is 2.80 bits per heavy atom. The van der Waals surface area contributed by atoms with Gasteiger partial charge >= 0.3 is 0 Å². The molecule has 2 aromatic rings. The van der Waals surface area contributed by atoms with Crippen LogP contribution in [-0.4, -0.2) is 56.1 Å². The standard InChI is InChI=1S/C20H23N3O7/c1-21-20(25)14-4-5-16(17(8-14)23(26)27)22(2)9-15(24)11-28-10-13-3-6-18-19(7-13)30-12-29-18/h3-8,15,24H,9-12H2,1-2H3,(H,21,25). The number of nitrogens with one attached hydrogen (secondary N) is 1. The van der Waals surface area contributed by atoms with Crippen LogP contribution in [0.1, 0.15) is 15.9 Å². The molecule has 10 nitrogen and oxygen atoms in total. The molecular formula is C20H23N3O7. The number of nitro benzene ring substituents is 1. The largest absolute Gasteiger partial charge is 0.454 e. The van der Waals surface area contributed by atoms with Gasteiger partial charge in [0.1, 0.15) is 5.69 Å². The van der Waals surface area contributed by atoms with E-state index >= 15 is 0 Å². The number of carbonyl (C=O) groups excluding carboxylic acids is 1. The second-order valence-corrected chi connectivity index (χ2v) is 6.78. The molecule has 2 N–H and O–H groups in total. The number of likely N-dealkylation sites (N-methyl/N-ethyl adjacent to an activating group) is 1. The quantitative estimate of drug-likeness (QED) is 0.467. The SMILES string of the molecule is CNC(=O)c1ccc(N(C)CC(O)COCc2ccc3c(c2)OCO3)c([N+](=O)[O-])c1. The lowest BCUT2D eigenvalue weighted by atomic mass is 10.1. The molecule has 160 valence electrons. The van der Waals surface area contributed by atoms with E-state index in [1.165, 1.54) is 25.2 Å². The van der Waals surface area contributed by atoms with Crippen molar-refractivity contribution in [2.45, 2.75) is 12.7 Å². The lowest BCUT2D eigenvalue weighted by molar-refractivity contribution is -0.384. The van der Waals surface area contributed by atoms with Gasteiger partial charge in [0.05, 0.1) is 24.2 Å². The Morgan fingerprint density at radius 1 is 1.30 bits per heavy atom. The highest BCUT2D eigenvalue weighted by Gasteiger charge is 2.21. The number of amides is 1. The molecule has 0 radical (unpaired) electrons. The second-order valence-electron chi connectivity index (χ2n) is 6.78. The van der Waals surface area contributed by atoms with Crippen LogP contribution < -0.4 is 19.7 Å². The van der Waals surface area contributed by atoms with Crippen molar-refractivity contribution in [2.75, 3.05) is 38.9 Å². The Hall–Kier alpha value is -3.37. The molecule has 1 heterocycles. The zero-order valence-corrected chi connectivity index (χ0v) is 16.7. The summed E-state index contributed by atoms with van der Waals surface area (Å²) in [6.07, 6.45) is -0.873. The van der Waals surface area contributed by atoms with Crippen LogP contribution in [0.15, 0.2) is 36.4 Å². The highest BCUT2D eigenvalue weighted by Crippen LogP contribution is 2.32. The Kier molecular flexibility index (Phi) is 6.70. The molecule has 1 unspecified atom stereocenters. The summed E-state index contributed by atoms with van der Waals surface area (Å²) in [5.74, 6) is 0.928. The fraction of sp³-hybridized carbons (Fsp3) is 0.350. The van der Waals surface area contributed by atoms with Crippen molar-refractivity contribution < 1.29 is 29.0 Å². The van der Waals surface area contributed by atoms with Crippen LogP contribution in [-0.2, 0) is 11.3 Å². The highest BCUT2D eigenvalue weighted by atomic mass is 16.7. The minimum atomic E-state index is -0.873. The van der Waals surface area contributed by atoms with Crippen molar-refractivity contribution in [2.24, 2.45) is 0 Å². The van der Waals surface area contributed by atoms with E-state index in [0.29, 0.717) is 17.2 Å². The number of rotatable bonds is 9. The summed E-state index contributed by atoms with van der Waals surface area (Å²) >= 11 is 0. The first-order valence-electron chi connectivity index (χ1n) is 9.25.